The lowest BCUT2D eigenvalue weighted by atomic mass is 10.1. The zero-order valence-electron chi connectivity index (χ0n) is 19.3. The molecule has 0 aliphatic carbocycles. The van der Waals surface area contributed by atoms with Gasteiger partial charge >= 0.3 is 9.17 Å². The summed E-state index contributed by atoms with van der Waals surface area (Å²) in [6, 6.07) is 0. The van der Waals surface area contributed by atoms with E-state index in [9.17, 15) is 4.46 Å². The summed E-state index contributed by atoms with van der Waals surface area (Å²) in [5, 5.41) is 0. The van der Waals surface area contributed by atoms with Crippen molar-refractivity contribution in [2.75, 3.05) is 13.2 Å². The Hall–Kier alpha value is -0.383. The molecular formula is C24H50O3Si. The molecule has 4 heteroatoms. The maximum atomic E-state index is 11.7. The third-order valence-electron chi connectivity index (χ3n) is 5.44. The second-order valence-corrected chi connectivity index (χ2v) is 9.39. The molecule has 0 saturated heterocycles. The molecule has 0 aliphatic rings. The van der Waals surface area contributed by atoms with E-state index in [1.165, 1.54) is 116 Å². The summed E-state index contributed by atoms with van der Waals surface area (Å²) in [7, 11) is -2.26. The quantitative estimate of drug-likeness (QED) is 0.118. The second-order valence-electron chi connectivity index (χ2n) is 8.31. The number of unbranched alkanes of at least 4 members (excludes halogenated alkanes) is 18. The lowest BCUT2D eigenvalue weighted by Gasteiger charge is -2.06. The van der Waals surface area contributed by atoms with Crippen LogP contribution < -0.4 is 0 Å². The summed E-state index contributed by atoms with van der Waals surface area (Å²) in [5.41, 5.74) is 0. The molecule has 0 radical (unpaired) electrons. The normalized spacial score (nSPS) is 10.9. The van der Waals surface area contributed by atoms with Crippen LogP contribution in [0.3, 0.4) is 0 Å². The Kier molecular flexibility index (Phi) is 24.3. The average Bonchev–Trinajstić information content (AvgIpc) is 2.70. The maximum Gasteiger partial charge on any atom is 0.767 e. The summed E-state index contributed by atoms with van der Waals surface area (Å²) in [4.78, 5) is 0. The topological polar surface area (TPSA) is 35.5 Å². The molecule has 0 heterocycles. The summed E-state index contributed by atoms with van der Waals surface area (Å²) >= 11 is 0. The predicted molar refractivity (Wildman–Crippen MR) is 122 cm³/mol. The van der Waals surface area contributed by atoms with Crippen molar-refractivity contribution in [3.63, 3.8) is 0 Å². The fourth-order valence-corrected chi connectivity index (χ4v) is 4.24. The van der Waals surface area contributed by atoms with Crippen LogP contribution in [0.15, 0.2) is 0 Å². The molecule has 0 aromatic carbocycles. The highest BCUT2D eigenvalue weighted by Gasteiger charge is 2.09. The highest BCUT2D eigenvalue weighted by atomic mass is 28.3. The van der Waals surface area contributed by atoms with Gasteiger partial charge in [0.1, 0.15) is 0 Å². The van der Waals surface area contributed by atoms with Crippen LogP contribution in [0.1, 0.15) is 142 Å². The molecule has 0 aromatic heterocycles. The molecule has 0 spiro atoms. The van der Waals surface area contributed by atoms with Crippen molar-refractivity contribution in [3.05, 3.63) is 0 Å². The standard InChI is InChI=1S/C24H50O3Si/c1-3-5-7-9-11-13-15-17-19-21-23-26-28(25)27-24-22-20-18-16-14-12-10-8-6-4-2/h3-24H2,1-2H3. The van der Waals surface area contributed by atoms with Crippen LogP contribution in [0.2, 0.25) is 0 Å². The Balaban J connectivity index is 3.13. The molecule has 28 heavy (non-hydrogen) atoms. The zero-order valence-corrected chi connectivity index (χ0v) is 20.3. The zero-order chi connectivity index (χ0) is 20.5. The van der Waals surface area contributed by atoms with Gasteiger partial charge in [-0.05, 0) is 12.8 Å². The maximum absolute atomic E-state index is 11.7. The van der Waals surface area contributed by atoms with E-state index in [-0.39, 0.29) is 0 Å². The van der Waals surface area contributed by atoms with E-state index >= 15 is 0 Å². The van der Waals surface area contributed by atoms with Gasteiger partial charge in [-0.3, -0.25) is 4.46 Å². The molecule has 0 fully saturated rings. The largest absolute Gasteiger partial charge is 0.767 e. The molecule has 3 nitrogen and oxygen atoms in total. The average molecular weight is 415 g/mol. The molecule has 0 N–H and O–H groups in total. The van der Waals surface area contributed by atoms with Crippen LogP contribution in [-0.4, -0.2) is 22.4 Å². The minimum Gasteiger partial charge on any atom is -0.496 e. The van der Waals surface area contributed by atoms with Gasteiger partial charge in [0, 0.05) is 0 Å². The summed E-state index contributed by atoms with van der Waals surface area (Å²) < 4.78 is 22.4. The minimum absolute atomic E-state index is 0.590. The van der Waals surface area contributed by atoms with E-state index in [1.807, 2.05) is 0 Å². The van der Waals surface area contributed by atoms with Gasteiger partial charge in [0.2, 0.25) is 0 Å². The van der Waals surface area contributed by atoms with Crippen molar-refractivity contribution in [2.45, 2.75) is 142 Å². The first-order chi connectivity index (χ1) is 13.8. The van der Waals surface area contributed by atoms with Crippen molar-refractivity contribution < 1.29 is 13.3 Å². The monoisotopic (exact) mass is 414 g/mol. The first-order valence-electron chi connectivity index (χ1n) is 12.6. The molecule has 0 bridgehead atoms. The van der Waals surface area contributed by atoms with Gasteiger partial charge in [-0.15, -0.1) is 0 Å². The first-order valence-corrected chi connectivity index (χ1v) is 13.8. The SMILES string of the molecule is CCCCCCCCCCCCO[Si](=O)OCCCCCCCCCCCC. The molecule has 0 rings (SSSR count). The van der Waals surface area contributed by atoms with Crippen LogP contribution in [0.25, 0.3) is 0 Å². The van der Waals surface area contributed by atoms with Crippen molar-refractivity contribution >= 4 is 9.17 Å². The lowest BCUT2D eigenvalue weighted by molar-refractivity contribution is 0.163. The molecule has 0 amide bonds. The van der Waals surface area contributed by atoms with Crippen LogP contribution in [0.5, 0.6) is 0 Å². The Morgan fingerprint density at radius 1 is 0.429 bits per heavy atom. The van der Waals surface area contributed by atoms with E-state index in [2.05, 4.69) is 13.8 Å². The lowest BCUT2D eigenvalue weighted by Crippen LogP contribution is -2.14. The first kappa shape index (κ1) is 27.6. The number of rotatable bonds is 24. The Morgan fingerprint density at radius 2 is 0.679 bits per heavy atom. The Labute approximate surface area is 178 Å². The number of hydrogen-bond donors (Lipinski definition) is 0. The van der Waals surface area contributed by atoms with E-state index in [1.54, 1.807) is 0 Å². The second kappa shape index (κ2) is 24.7. The van der Waals surface area contributed by atoms with E-state index < -0.39 is 9.17 Å². The smallest absolute Gasteiger partial charge is 0.496 e. The summed E-state index contributed by atoms with van der Waals surface area (Å²) in [5.74, 6) is 0. The van der Waals surface area contributed by atoms with Gasteiger partial charge in [-0.1, -0.05) is 129 Å². The summed E-state index contributed by atoms with van der Waals surface area (Å²) in [6.07, 6.45) is 26.1. The third kappa shape index (κ3) is 23.7. The fourth-order valence-electron chi connectivity index (χ4n) is 3.53. The van der Waals surface area contributed by atoms with E-state index in [0.717, 1.165) is 12.8 Å². The Bertz CT molecular complexity index is 282. The van der Waals surface area contributed by atoms with Gasteiger partial charge in [0.15, 0.2) is 0 Å². The Morgan fingerprint density at radius 3 is 0.964 bits per heavy atom. The van der Waals surface area contributed by atoms with Crippen LogP contribution in [0, 0.1) is 0 Å². The van der Waals surface area contributed by atoms with Gasteiger partial charge in [-0.2, -0.15) is 0 Å². The van der Waals surface area contributed by atoms with Crippen LogP contribution in [0.4, 0.5) is 0 Å². The molecule has 0 saturated carbocycles. The van der Waals surface area contributed by atoms with Crippen LogP contribution in [-0.2, 0) is 13.3 Å². The molecular weight excluding hydrogens is 364 g/mol. The summed E-state index contributed by atoms with van der Waals surface area (Å²) in [6.45, 7) is 5.71. The molecule has 0 aromatic rings. The van der Waals surface area contributed by atoms with Crippen LogP contribution >= 0.6 is 0 Å². The van der Waals surface area contributed by atoms with Crippen molar-refractivity contribution in [1.29, 1.82) is 0 Å². The van der Waals surface area contributed by atoms with E-state index in [0.29, 0.717) is 13.2 Å². The molecule has 0 unspecified atom stereocenters. The van der Waals surface area contributed by atoms with Gasteiger partial charge in [0.25, 0.3) is 0 Å². The number of hydrogen-bond acceptors (Lipinski definition) is 3. The van der Waals surface area contributed by atoms with Gasteiger partial charge in [-0.25, -0.2) is 0 Å². The molecule has 168 valence electrons. The van der Waals surface area contributed by atoms with Crippen molar-refractivity contribution in [2.24, 2.45) is 0 Å². The van der Waals surface area contributed by atoms with Crippen molar-refractivity contribution in [3.8, 4) is 0 Å². The van der Waals surface area contributed by atoms with Gasteiger partial charge in [0.05, 0.1) is 13.2 Å². The minimum atomic E-state index is -2.26. The molecule has 0 atom stereocenters. The van der Waals surface area contributed by atoms with E-state index in [4.69, 9.17) is 8.85 Å². The predicted octanol–water partition coefficient (Wildman–Crippen LogP) is 8.28. The highest BCUT2D eigenvalue weighted by molar-refractivity contribution is 6.26. The fraction of sp³-hybridized carbons (Fsp3) is 1.00. The highest BCUT2D eigenvalue weighted by Crippen LogP contribution is 2.11. The third-order valence-corrected chi connectivity index (χ3v) is 6.32. The van der Waals surface area contributed by atoms with Gasteiger partial charge < -0.3 is 8.85 Å². The molecule has 0 aliphatic heterocycles. The van der Waals surface area contributed by atoms with Crippen molar-refractivity contribution in [1.82, 2.24) is 0 Å².